The highest BCUT2D eigenvalue weighted by Crippen LogP contribution is 2.25. The van der Waals surface area contributed by atoms with Crippen LogP contribution in [0.4, 0.5) is 0 Å². The van der Waals surface area contributed by atoms with E-state index in [9.17, 15) is 19.5 Å². The van der Waals surface area contributed by atoms with E-state index in [0.717, 1.165) is 0 Å². The van der Waals surface area contributed by atoms with Crippen LogP contribution in [0.25, 0.3) is 16.6 Å². The molecular weight excluding hydrogens is 545 g/mol. The van der Waals surface area contributed by atoms with Crippen molar-refractivity contribution in [2.75, 3.05) is 13.7 Å². The van der Waals surface area contributed by atoms with Crippen LogP contribution >= 0.6 is 23.2 Å². The third kappa shape index (κ3) is 5.69. The Morgan fingerprint density at radius 1 is 1.08 bits per heavy atom. The van der Waals surface area contributed by atoms with Crippen LogP contribution in [-0.4, -0.2) is 41.3 Å². The maximum Gasteiger partial charge on any atom is 0.464 e. The smallest absolute Gasteiger partial charge is 0.464 e. The molecule has 0 unspecified atom stereocenters. The van der Waals surface area contributed by atoms with Gasteiger partial charge in [0.15, 0.2) is 0 Å². The number of aromatic nitrogens is 2. The van der Waals surface area contributed by atoms with Crippen LogP contribution in [0.1, 0.15) is 22.8 Å². The van der Waals surface area contributed by atoms with Crippen LogP contribution in [0.15, 0.2) is 65.5 Å². The number of amides is 1. The van der Waals surface area contributed by atoms with E-state index >= 15 is 0 Å². The Morgan fingerprint density at radius 2 is 1.74 bits per heavy atom. The Hall–Kier alpha value is -4.08. The number of carboxylic acid groups (broad SMARTS) is 1. The maximum absolute atomic E-state index is 13.5. The van der Waals surface area contributed by atoms with E-state index in [4.69, 9.17) is 32.7 Å². The fraction of sp³-hybridized carbons (Fsp3) is 0.214. The molecule has 0 saturated heterocycles. The number of carboxylic acids is 1. The van der Waals surface area contributed by atoms with Gasteiger partial charge in [-0.1, -0.05) is 41.4 Å². The number of carbonyl (C=O) groups excluding carboxylic acids is 1. The molecule has 0 fully saturated rings. The number of nitrogens with one attached hydrogen (secondary N) is 1. The standard InChI is InChI=1S/C28H25Cl2N3O6/c1-4-39-28-32(2)23-15-18(38-3)12-13-19(23)26(35)33(28)17-10-8-16(9-11-17)14-22(27(36)37)31-25(34)24-20(29)6-5-7-21(24)30/h5-13,15,22H,4,14H2,1-3H3,(H-,31,34,36,37)/p+1/t22-/m0/s1. The minimum absolute atomic E-state index is 0.00653. The van der Waals surface area contributed by atoms with Crippen molar-refractivity contribution in [3.05, 3.63) is 92.2 Å². The molecule has 3 aromatic carbocycles. The highest BCUT2D eigenvalue weighted by Gasteiger charge is 2.27. The lowest BCUT2D eigenvalue weighted by molar-refractivity contribution is -0.655. The second-order valence-corrected chi connectivity index (χ2v) is 9.44. The molecule has 2 N–H and O–H groups in total. The molecule has 4 aromatic rings. The van der Waals surface area contributed by atoms with E-state index < -0.39 is 17.9 Å². The minimum atomic E-state index is -1.24. The number of aliphatic carboxylic acids is 1. The molecule has 0 radical (unpaired) electrons. The molecule has 1 aromatic heterocycles. The molecule has 0 aliphatic rings. The summed E-state index contributed by atoms with van der Waals surface area (Å²) in [5.74, 6) is -1.30. The van der Waals surface area contributed by atoms with Crippen molar-refractivity contribution in [3.8, 4) is 17.4 Å². The topological polar surface area (TPSA) is 111 Å². The molecule has 0 saturated carbocycles. The molecule has 0 bridgehead atoms. The zero-order valence-corrected chi connectivity index (χ0v) is 22.9. The minimum Gasteiger partial charge on any atom is -0.497 e. The summed E-state index contributed by atoms with van der Waals surface area (Å²) in [7, 11) is 3.35. The summed E-state index contributed by atoms with van der Waals surface area (Å²) in [5, 5.41) is 12.9. The Balaban J connectivity index is 1.66. The van der Waals surface area contributed by atoms with Gasteiger partial charge in [-0.15, -0.1) is 4.57 Å². The lowest BCUT2D eigenvalue weighted by atomic mass is 10.0. The predicted octanol–water partition coefficient (Wildman–Crippen LogP) is 3.96. The summed E-state index contributed by atoms with van der Waals surface area (Å²) in [6, 6.07) is 15.6. The molecule has 1 atom stereocenters. The highest BCUT2D eigenvalue weighted by atomic mass is 35.5. The number of nitrogens with zero attached hydrogens (tertiary/aromatic N) is 2. The van der Waals surface area contributed by atoms with Crippen molar-refractivity contribution >= 4 is 46.0 Å². The van der Waals surface area contributed by atoms with Gasteiger partial charge in [0.25, 0.3) is 5.91 Å². The predicted molar refractivity (Wildman–Crippen MR) is 147 cm³/mol. The number of aryl methyl sites for hydroxylation is 1. The Bertz CT molecular complexity index is 1600. The number of hydrogen-bond acceptors (Lipinski definition) is 5. The molecule has 0 aliphatic carbocycles. The average Bonchev–Trinajstić information content (AvgIpc) is 2.91. The molecule has 0 aliphatic heterocycles. The Kier molecular flexibility index (Phi) is 8.42. The number of hydrogen-bond donors (Lipinski definition) is 2. The number of carbonyl (C=O) groups is 2. The number of ether oxygens (including phenoxy) is 2. The number of methoxy groups -OCH3 is 1. The van der Waals surface area contributed by atoms with Gasteiger partial charge in [-0.05, 0) is 48.9 Å². The summed E-state index contributed by atoms with van der Waals surface area (Å²) in [4.78, 5) is 38.2. The number of rotatable bonds is 9. The Morgan fingerprint density at radius 3 is 2.33 bits per heavy atom. The van der Waals surface area contributed by atoms with E-state index in [1.54, 1.807) is 67.3 Å². The quantitative estimate of drug-likeness (QED) is 0.295. The van der Waals surface area contributed by atoms with Crippen molar-refractivity contribution < 1.29 is 28.7 Å². The second-order valence-electron chi connectivity index (χ2n) is 8.63. The Labute approximate surface area is 234 Å². The first-order valence-electron chi connectivity index (χ1n) is 12.0. The van der Waals surface area contributed by atoms with E-state index in [2.05, 4.69) is 5.32 Å². The van der Waals surface area contributed by atoms with Crippen LogP contribution in [0.3, 0.4) is 0 Å². The average molecular weight is 571 g/mol. The fourth-order valence-corrected chi connectivity index (χ4v) is 4.81. The fourth-order valence-electron chi connectivity index (χ4n) is 4.24. The van der Waals surface area contributed by atoms with Gasteiger partial charge in [0.2, 0.25) is 0 Å². The van der Waals surface area contributed by atoms with Gasteiger partial charge in [-0.3, -0.25) is 4.79 Å². The molecule has 202 valence electrons. The molecule has 1 heterocycles. The first-order valence-corrected chi connectivity index (χ1v) is 12.7. The molecule has 39 heavy (non-hydrogen) atoms. The van der Waals surface area contributed by atoms with Crippen molar-refractivity contribution in [1.29, 1.82) is 0 Å². The van der Waals surface area contributed by atoms with Crippen molar-refractivity contribution in [2.45, 2.75) is 19.4 Å². The zero-order chi connectivity index (χ0) is 28.3. The molecule has 1 amide bonds. The van der Waals surface area contributed by atoms with E-state index in [-0.39, 0.29) is 27.6 Å². The number of benzene rings is 3. The van der Waals surface area contributed by atoms with Crippen LogP contribution in [-0.2, 0) is 18.3 Å². The summed E-state index contributed by atoms with van der Waals surface area (Å²) >= 11 is 12.2. The van der Waals surface area contributed by atoms with Gasteiger partial charge in [0, 0.05) is 12.5 Å². The number of fused-ring (bicyclic) bond motifs is 1. The molecular formula is C28H26Cl2N3O6+. The van der Waals surface area contributed by atoms with Gasteiger partial charge < -0.3 is 19.9 Å². The largest absolute Gasteiger partial charge is 0.497 e. The summed E-state index contributed by atoms with van der Waals surface area (Å²) in [6.07, 6.45) is -0.0120. The molecule has 11 heteroatoms. The van der Waals surface area contributed by atoms with Gasteiger partial charge in [-0.25, -0.2) is 9.59 Å². The first kappa shape index (κ1) is 27.9. The van der Waals surface area contributed by atoms with Gasteiger partial charge in [-0.2, -0.15) is 4.57 Å². The number of halogens is 2. The lowest BCUT2D eigenvalue weighted by Crippen LogP contribution is -2.42. The van der Waals surface area contributed by atoms with Crippen LogP contribution in [0.2, 0.25) is 10.0 Å². The van der Waals surface area contributed by atoms with Gasteiger partial charge >= 0.3 is 17.5 Å². The molecule has 9 nitrogen and oxygen atoms in total. The zero-order valence-electron chi connectivity index (χ0n) is 21.4. The van der Waals surface area contributed by atoms with Gasteiger partial charge in [0.05, 0.1) is 36.4 Å². The third-order valence-corrected chi connectivity index (χ3v) is 6.81. The van der Waals surface area contributed by atoms with Gasteiger partial charge in [0.1, 0.15) is 28.4 Å². The molecule has 0 spiro atoms. The third-order valence-electron chi connectivity index (χ3n) is 6.18. The summed E-state index contributed by atoms with van der Waals surface area (Å²) in [5.41, 5.74) is 1.52. The van der Waals surface area contributed by atoms with Crippen molar-refractivity contribution in [2.24, 2.45) is 7.05 Å². The van der Waals surface area contributed by atoms with Crippen molar-refractivity contribution in [1.82, 2.24) is 9.88 Å². The summed E-state index contributed by atoms with van der Waals surface area (Å²) in [6.45, 7) is 2.15. The first-order chi connectivity index (χ1) is 18.7. The maximum atomic E-state index is 13.5. The second kappa shape index (κ2) is 11.8. The van der Waals surface area contributed by atoms with E-state index in [1.165, 1.54) is 16.7 Å². The molecule has 4 rings (SSSR count). The van der Waals surface area contributed by atoms with Crippen LogP contribution in [0.5, 0.6) is 11.8 Å². The summed E-state index contributed by atoms with van der Waals surface area (Å²) < 4.78 is 14.4. The monoisotopic (exact) mass is 570 g/mol. The van der Waals surface area contributed by atoms with E-state index in [0.29, 0.717) is 40.5 Å². The SMILES string of the molecule is CCOc1n(-c2ccc(C[C@H](NC(=O)c3c(Cl)cccc3Cl)C(=O)O)cc2)c(=O)c2ccc(OC)cc2[n+]1C. The van der Waals surface area contributed by atoms with Crippen molar-refractivity contribution in [3.63, 3.8) is 0 Å². The lowest BCUT2D eigenvalue weighted by Gasteiger charge is -2.16. The normalized spacial score (nSPS) is 11.7. The van der Waals surface area contributed by atoms with E-state index in [1.807, 2.05) is 6.92 Å². The highest BCUT2D eigenvalue weighted by molar-refractivity contribution is 6.39. The van der Waals surface area contributed by atoms with Crippen LogP contribution < -0.4 is 24.9 Å². The van der Waals surface area contributed by atoms with Crippen LogP contribution in [0, 0.1) is 0 Å².